The molecule has 0 atom stereocenters. The maximum atomic E-state index is 12.8. The van der Waals surface area contributed by atoms with Gasteiger partial charge < -0.3 is 14.2 Å². The molecule has 4 rings (SSSR count). The van der Waals surface area contributed by atoms with E-state index < -0.39 is 0 Å². The van der Waals surface area contributed by atoms with Gasteiger partial charge in [-0.15, -0.1) is 0 Å². The van der Waals surface area contributed by atoms with E-state index in [2.05, 4.69) is 0 Å². The highest BCUT2D eigenvalue weighted by molar-refractivity contribution is 6.15. The van der Waals surface area contributed by atoms with Crippen molar-refractivity contribution in [2.75, 3.05) is 21.3 Å². The summed E-state index contributed by atoms with van der Waals surface area (Å²) in [5.74, 6) is 1.57. The minimum Gasteiger partial charge on any atom is -0.493 e. The Bertz CT molecular complexity index is 955. The molecule has 0 aliphatic carbocycles. The summed E-state index contributed by atoms with van der Waals surface area (Å²) in [7, 11) is 4.71. The quantitative estimate of drug-likeness (QED) is 0.582. The highest BCUT2D eigenvalue weighted by Gasteiger charge is 2.30. The number of hydrogen-bond donors (Lipinski definition) is 0. The first kappa shape index (κ1) is 13.7. The van der Waals surface area contributed by atoms with Gasteiger partial charge in [-0.05, 0) is 12.1 Å². The molecular formula is C18H15NO4. The summed E-state index contributed by atoms with van der Waals surface area (Å²) in [6.07, 6.45) is 0. The van der Waals surface area contributed by atoms with Gasteiger partial charge in [0.15, 0.2) is 11.5 Å². The average Bonchev–Trinajstić information content (AvgIpc) is 3.09. The molecule has 3 aromatic rings. The third-order valence-electron chi connectivity index (χ3n) is 4.25. The lowest BCUT2D eigenvalue weighted by atomic mass is 10.1. The highest BCUT2D eigenvalue weighted by Crippen LogP contribution is 2.47. The summed E-state index contributed by atoms with van der Waals surface area (Å²) in [5.41, 5.74) is 3.23. The van der Waals surface area contributed by atoms with E-state index in [1.165, 1.54) is 0 Å². The number of ether oxygens (including phenoxy) is 3. The van der Waals surface area contributed by atoms with Gasteiger partial charge in [0.25, 0.3) is 5.91 Å². The summed E-state index contributed by atoms with van der Waals surface area (Å²) in [5, 5.41) is 0.822. The van der Waals surface area contributed by atoms with Gasteiger partial charge in [0, 0.05) is 22.6 Å². The van der Waals surface area contributed by atoms with Crippen molar-refractivity contribution in [2.24, 2.45) is 0 Å². The molecule has 23 heavy (non-hydrogen) atoms. The van der Waals surface area contributed by atoms with Gasteiger partial charge in [0.1, 0.15) is 0 Å². The van der Waals surface area contributed by atoms with Crippen molar-refractivity contribution in [1.29, 1.82) is 0 Å². The lowest BCUT2D eigenvalue weighted by molar-refractivity contribution is 0.0973. The molecule has 5 heteroatoms. The van der Waals surface area contributed by atoms with Gasteiger partial charge in [0.05, 0.1) is 32.5 Å². The molecule has 1 aliphatic rings. The molecule has 5 nitrogen and oxygen atoms in total. The lowest BCUT2D eigenvalue weighted by Crippen LogP contribution is -2.06. The molecule has 2 heterocycles. The van der Waals surface area contributed by atoms with Crippen LogP contribution in [0.5, 0.6) is 17.2 Å². The molecule has 0 unspecified atom stereocenters. The van der Waals surface area contributed by atoms with Crippen LogP contribution in [-0.4, -0.2) is 31.8 Å². The number of hydrogen-bond acceptors (Lipinski definition) is 4. The number of benzene rings is 2. The fourth-order valence-corrected chi connectivity index (χ4v) is 3.25. The molecule has 0 saturated heterocycles. The van der Waals surface area contributed by atoms with Crippen molar-refractivity contribution >= 4 is 16.8 Å². The lowest BCUT2D eigenvalue weighted by Gasteiger charge is -2.13. The highest BCUT2D eigenvalue weighted by atomic mass is 16.5. The van der Waals surface area contributed by atoms with Gasteiger partial charge in [-0.25, -0.2) is 0 Å². The second kappa shape index (κ2) is 4.78. The van der Waals surface area contributed by atoms with E-state index in [1.807, 2.05) is 36.4 Å². The molecule has 2 aromatic carbocycles. The standard InChI is InChI=1S/C18H15NO4/c1-21-15-9-14-12(16(22-2)17(15)23-3)8-13-10-6-4-5-7-11(10)18(20)19(13)14/h4-9H,1-3H3. The first-order valence-corrected chi connectivity index (χ1v) is 7.19. The second-order valence-electron chi connectivity index (χ2n) is 5.29. The van der Waals surface area contributed by atoms with Gasteiger partial charge in [-0.2, -0.15) is 0 Å². The molecule has 0 fully saturated rings. The summed E-state index contributed by atoms with van der Waals surface area (Å²) >= 11 is 0. The number of nitrogens with zero attached hydrogens (tertiary/aromatic N) is 1. The molecule has 0 N–H and O–H groups in total. The molecule has 1 aliphatic heterocycles. The number of aromatic nitrogens is 1. The SMILES string of the molecule is COc1cc2c(cc3n2C(=O)c2ccccc2-3)c(OC)c1OC. The Balaban J connectivity index is 2.12. The van der Waals surface area contributed by atoms with E-state index in [0.717, 1.165) is 22.2 Å². The van der Waals surface area contributed by atoms with Gasteiger partial charge >= 0.3 is 0 Å². The van der Waals surface area contributed by atoms with Gasteiger partial charge in [-0.3, -0.25) is 9.36 Å². The van der Waals surface area contributed by atoms with E-state index in [0.29, 0.717) is 22.8 Å². The molecule has 1 aromatic heterocycles. The van der Waals surface area contributed by atoms with Crippen LogP contribution in [0.3, 0.4) is 0 Å². The van der Waals surface area contributed by atoms with Crippen LogP contribution in [0.15, 0.2) is 36.4 Å². The Morgan fingerprint density at radius 1 is 0.870 bits per heavy atom. The Kier molecular flexibility index (Phi) is 2.84. The summed E-state index contributed by atoms with van der Waals surface area (Å²) in [6, 6.07) is 11.4. The monoisotopic (exact) mass is 309 g/mol. The third-order valence-corrected chi connectivity index (χ3v) is 4.25. The largest absolute Gasteiger partial charge is 0.493 e. The molecule has 0 saturated carbocycles. The number of fused-ring (bicyclic) bond motifs is 5. The average molecular weight is 309 g/mol. The minimum absolute atomic E-state index is 0.0418. The number of carbonyl (C=O) groups is 1. The van der Waals surface area contributed by atoms with Crippen molar-refractivity contribution in [1.82, 2.24) is 4.57 Å². The van der Waals surface area contributed by atoms with Crippen molar-refractivity contribution < 1.29 is 19.0 Å². The van der Waals surface area contributed by atoms with E-state index in [4.69, 9.17) is 14.2 Å². The number of carbonyl (C=O) groups excluding carboxylic acids is 1. The Morgan fingerprint density at radius 2 is 1.57 bits per heavy atom. The fraction of sp³-hybridized carbons (Fsp3) is 0.167. The molecule has 0 bridgehead atoms. The van der Waals surface area contributed by atoms with Gasteiger partial charge in [0.2, 0.25) is 5.75 Å². The first-order chi connectivity index (χ1) is 11.2. The maximum absolute atomic E-state index is 12.8. The molecule has 0 radical (unpaired) electrons. The van der Waals surface area contributed by atoms with E-state index in [9.17, 15) is 4.79 Å². The number of rotatable bonds is 3. The molecule has 0 amide bonds. The molecular weight excluding hydrogens is 294 g/mol. The zero-order valence-corrected chi connectivity index (χ0v) is 13.0. The van der Waals surface area contributed by atoms with Crippen LogP contribution in [0.2, 0.25) is 0 Å². The van der Waals surface area contributed by atoms with Crippen LogP contribution < -0.4 is 14.2 Å². The topological polar surface area (TPSA) is 49.7 Å². The summed E-state index contributed by atoms with van der Waals surface area (Å²) in [4.78, 5) is 12.8. The first-order valence-electron chi connectivity index (χ1n) is 7.19. The number of methoxy groups -OCH3 is 3. The van der Waals surface area contributed by atoms with Crippen LogP contribution in [-0.2, 0) is 0 Å². The Labute approximate surface area is 133 Å². The molecule has 0 spiro atoms. The minimum atomic E-state index is -0.0418. The van der Waals surface area contributed by atoms with E-state index >= 15 is 0 Å². The second-order valence-corrected chi connectivity index (χ2v) is 5.29. The zero-order valence-electron chi connectivity index (χ0n) is 13.0. The summed E-state index contributed by atoms with van der Waals surface area (Å²) < 4.78 is 18.0. The third kappa shape index (κ3) is 1.64. The van der Waals surface area contributed by atoms with Crippen LogP contribution in [0, 0.1) is 0 Å². The predicted molar refractivity (Wildman–Crippen MR) is 86.8 cm³/mol. The Hall–Kier alpha value is -2.95. The van der Waals surface area contributed by atoms with E-state index in [1.54, 1.807) is 25.9 Å². The van der Waals surface area contributed by atoms with Crippen molar-refractivity contribution in [3.05, 3.63) is 42.0 Å². The van der Waals surface area contributed by atoms with Crippen LogP contribution in [0.25, 0.3) is 22.2 Å². The van der Waals surface area contributed by atoms with Crippen molar-refractivity contribution in [2.45, 2.75) is 0 Å². The van der Waals surface area contributed by atoms with Crippen LogP contribution in [0.4, 0.5) is 0 Å². The predicted octanol–water partition coefficient (Wildman–Crippen LogP) is 3.34. The van der Waals surface area contributed by atoms with Crippen molar-refractivity contribution in [3.8, 4) is 28.5 Å². The van der Waals surface area contributed by atoms with Crippen LogP contribution >= 0.6 is 0 Å². The van der Waals surface area contributed by atoms with Crippen LogP contribution in [0.1, 0.15) is 10.4 Å². The molecule has 116 valence electrons. The fourth-order valence-electron chi connectivity index (χ4n) is 3.25. The smallest absolute Gasteiger partial charge is 0.263 e. The van der Waals surface area contributed by atoms with E-state index in [-0.39, 0.29) is 5.91 Å². The Morgan fingerprint density at radius 3 is 2.22 bits per heavy atom. The zero-order chi connectivity index (χ0) is 16.1. The summed E-state index contributed by atoms with van der Waals surface area (Å²) in [6.45, 7) is 0. The normalized spacial score (nSPS) is 12.2. The van der Waals surface area contributed by atoms with Gasteiger partial charge in [-0.1, -0.05) is 18.2 Å². The maximum Gasteiger partial charge on any atom is 0.263 e. The van der Waals surface area contributed by atoms with Crippen molar-refractivity contribution in [3.63, 3.8) is 0 Å².